The van der Waals surface area contributed by atoms with Gasteiger partial charge in [0, 0.05) is 19.7 Å². The minimum atomic E-state index is 0.227. The Balaban J connectivity index is 1.94. The highest BCUT2D eigenvalue weighted by Gasteiger charge is 2.19. The van der Waals surface area contributed by atoms with Crippen molar-refractivity contribution in [3.63, 3.8) is 0 Å². The minimum Gasteiger partial charge on any atom is -0.396 e. The molecule has 1 N–H and O–H groups in total. The molecule has 1 rings (SSSR count). The number of hydrogen-bond donors (Lipinski definition) is 1. The Labute approximate surface area is 77.1 Å². The van der Waals surface area contributed by atoms with E-state index in [2.05, 4.69) is 0 Å². The first kappa shape index (κ1) is 9.86. The van der Waals surface area contributed by atoms with E-state index in [-0.39, 0.29) is 12.5 Å². The van der Waals surface area contributed by atoms with E-state index < -0.39 is 0 Å². The third-order valence-electron chi connectivity index (χ3n) is 1.88. The van der Waals surface area contributed by atoms with Crippen molar-refractivity contribution in [3.8, 4) is 0 Å². The average molecular weight is 189 g/mol. The first-order chi connectivity index (χ1) is 5.84. The van der Waals surface area contributed by atoms with E-state index in [9.17, 15) is 4.79 Å². The van der Waals surface area contributed by atoms with Crippen molar-refractivity contribution in [2.45, 2.75) is 12.8 Å². The molecule has 3 nitrogen and oxygen atoms in total. The van der Waals surface area contributed by atoms with Crippen LogP contribution in [0.5, 0.6) is 0 Å². The van der Waals surface area contributed by atoms with Gasteiger partial charge >= 0.3 is 0 Å². The quantitative estimate of drug-likeness (QED) is 0.634. The van der Waals surface area contributed by atoms with Crippen LogP contribution in [0.2, 0.25) is 0 Å². The summed E-state index contributed by atoms with van der Waals surface area (Å²) in [7, 11) is 0. The van der Waals surface area contributed by atoms with Gasteiger partial charge in [0.25, 0.3) is 0 Å². The van der Waals surface area contributed by atoms with Gasteiger partial charge in [0.05, 0.1) is 5.75 Å². The summed E-state index contributed by atoms with van der Waals surface area (Å²) in [6.07, 6.45) is 1.95. The average Bonchev–Trinajstić information content (AvgIpc) is 1.95. The summed E-state index contributed by atoms with van der Waals surface area (Å²) >= 11 is 1.61. The molecule has 0 aromatic rings. The van der Waals surface area contributed by atoms with Gasteiger partial charge in [-0.15, -0.1) is 0 Å². The predicted molar refractivity (Wildman–Crippen MR) is 50.2 cm³/mol. The maximum absolute atomic E-state index is 11.2. The van der Waals surface area contributed by atoms with Gasteiger partial charge in [-0.25, -0.2) is 0 Å². The van der Waals surface area contributed by atoms with Crippen molar-refractivity contribution in [1.29, 1.82) is 0 Å². The lowest BCUT2D eigenvalue weighted by molar-refractivity contribution is -0.131. The largest absolute Gasteiger partial charge is 0.396 e. The first-order valence-corrected chi connectivity index (χ1v) is 5.46. The highest BCUT2D eigenvalue weighted by molar-refractivity contribution is 7.99. The molecule has 12 heavy (non-hydrogen) atoms. The van der Waals surface area contributed by atoms with Gasteiger partial charge < -0.3 is 10.0 Å². The molecular formula is C8H15NO2S. The van der Waals surface area contributed by atoms with E-state index in [0.717, 1.165) is 31.7 Å². The zero-order valence-electron chi connectivity index (χ0n) is 7.16. The highest BCUT2D eigenvalue weighted by atomic mass is 32.2. The number of aliphatic hydroxyl groups is 1. The number of hydrogen-bond acceptors (Lipinski definition) is 3. The van der Waals surface area contributed by atoms with Crippen molar-refractivity contribution >= 4 is 17.7 Å². The molecule has 0 atom stereocenters. The SMILES string of the molecule is O=C(CSCCCO)N1CCC1. The lowest BCUT2D eigenvalue weighted by Gasteiger charge is -2.30. The molecule has 1 aliphatic rings. The predicted octanol–water partition coefficient (Wildman–Crippen LogP) is 0.334. The van der Waals surface area contributed by atoms with Crippen LogP contribution in [0.3, 0.4) is 0 Å². The van der Waals surface area contributed by atoms with E-state index in [1.54, 1.807) is 11.8 Å². The molecule has 1 fully saturated rings. The van der Waals surface area contributed by atoms with Gasteiger partial charge in [0.2, 0.25) is 5.91 Å². The number of carbonyl (C=O) groups is 1. The molecule has 0 aromatic carbocycles. The fraction of sp³-hybridized carbons (Fsp3) is 0.875. The van der Waals surface area contributed by atoms with E-state index in [0.29, 0.717) is 5.75 Å². The Kier molecular flexibility index (Phi) is 4.46. The summed E-state index contributed by atoms with van der Waals surface area (Å²) in [5.41, 5.74) is 0. The van der Waals surface area contributed by atoms with Gasteiger partial charge in [-0.05, 0) is 18.6 Å². The lowest BCUT2D eigenvalue weighted by atomic mass is 10.2. The first-order valence-electron chi connectivity index (χ1n) is 4.31. The number of carbonyl (C=O) groups excluding carboxylic acids is 1. The van der Waals surface area contributed by atoms with Crippen LogP contribution in [0, 0.1) is 0 Å². The summed E-state index contributed by atoms with van der Waals surface area (Å²) in [6, 6.07) is 0. The van der Waals surface area contributed by atoms with Crippen molar-refractivity contribution in [2.24, 2.45) is 0 Å². The zero-order valence-corrected chi connectivity index (χ0v) is 7.98. The smallest absolute Gasteiger partial charge is 0.232 e. The lowest BCUT2D eigenvalue weighted by Crippen LogP contribution is -2.43. The fourth-order valence-electron chi connectivity index (χ4n) is 0.983. The summed E-state index contributed by atoms with van der Waals surface area (Å²) < 4.78 is 0. The van der Waals surface area contributed by atoms with E-state index in [4.69, 9.17) is 5.11 Å². The van der Waals surface area contributed by atoms with Gasteiger partial charge in [-0.1, -0.05) is 0 Å². The number of amides is 1. The van der Waals surface area contributed by atoms with Crippen molar-refractivity contribution in [2.75, 3.05) is 31.2 Å². The van der Waals surface area contributed by atoms with Crippen LogP contribution in [-0.2, 0) is 4.79 Å². The molecule has 0 unspecified atom stereocenters. The molecule has 0 aromatic heterocycles. The molecule has 0 aliphatic carbocycles. The van der Waals surface area contributed by atoms with E-state index in [1.807, 2.05) is 4.90 Å². The maximum atomic E-state index is 11.2. The number of thioether (sulfide) groups is 1. The number of likely N-dealkylation sites (tertiary alicyclic amines) is 1. The Morgan fingerprint density at radius 1 is 1.50 bits per heavy atom. The molecule has 1 amide bonds. The molecule has 1 saturated heterocycles. The van der Waals surface area contributed by atoms with Crippen LogP contribution >= 0.6 is 11.8 Å². The second kappa shape index (κ2) is 5.43. The van der Waals surface area contributed by atoms with Crippen LogP contribution < -0.4 is 0 Å². The molecule has 1 heterocycles. The Bertz CT molecular complexity index is 148. The molecule has 0 saturated carbocycles. The normalized spacial score (nSPS) is 15.9. The van der Waals surface area contributed by atoms with Crippen LogP contribution in [0.4, 0.5) is 0 Å². The maximum Gasteiger partial charge on any atom is 0.232 e. The van der Waals surface area contributed by atoms with Gasteiger partial charge in [-0.2, -0.15) is 11.8 Å². The molecular weight excluding hydrogens is 174 g/mol. The highest BCUT2D eigenvalue weighted by Crippen LogP contribution is 2.10. The van der Waals surface area contributed by atoms with Gasteiger partial charge in [0.15, 0.2) is 0 Å². The van der Waals surface area contributed by atoms with Gasteiger partial charge in [-0.3, -0.25) is 4.79 Å². The minimum absolute atomic E-state index is 0.227. The summed E-state index contributed by atoms with van der Waals surface area (Å²) in [4.78, 5) is 13.1. The zero-order chi connectivity index (χ0) is 8.81. The monoisotopic (exact) mass is 189 g/mol. The number of nitrogens with zero attached hydrogens (tertiary/aromatic N) is 1. The molecule has 70 valence electrons. The Morgan fingerprint density at radius 3 is 2.75 bits per heavy atom. The van der Waals surface area contributed by atoms with E-state index in [1.165, 1.54) is 0 Å². The molecule has 4 heteroatoms. The summed E-state index contributed by atoms with van der Waals surface area (Å²) in [5.74, 6) is 1.72. The Hall–Kier alpha value is -0.220. The van der Waals surface area contributed by atoms with Crippen molar-refractivity contribution in [3.05, 3.63) is 0 Å². The van der Waals surface area contributed by atoms with Crippen LogP contribution in [-0.4, -0.2) is 47.1 Å². The summed E-state index contributed by atoms with van der Waals surface area (Å²) in [5, 5.41) is 8.49. The summed E-state index contributed by atoms with van der Waals surface area (Å²) in [6.45, 7) is 2.11. The van der Waals surface area contributed by atoms with Crippen LogP contribution in [0.15, 0.2) is 0 Å². The second-order valence-electron chi connectivity index (χ2n) is 2.86. The number of rotatable bonds is 5. The molecule has 0 radical (unpaired) electrons. The fourth-order valence-corrected chi connectivity index (χ4v) is 1.82. The topological polar surface area (TPSA) is 40.5 Å². The standard InChI is InChI=1S/C8H15NO2S/c10-5-2-6-12-7-8(11)9-3-1-4-9/h10H,1-7H2. The molecule has 0 spiro atoms. The van der Waals surface area contributed by atoms with Gasteiger partial charge in [0.1, 0.15) is 0 Å². The second-order valence-corrected chi connectivity index (χ2v) is 3.97. The third kappa shape index (κ3) is 3.03. The van der Waals surface area contributed by atoms with E-state index >= 15 is 0 Å². The number of aliphatic hydroxyl groups excluding tert-OH is 1. The van der Waals surface area contributed by atoms with Crippen LogP contribution in [0.1, 0.15) is 12.8 Å². The molecule has 0 bridgehead atoms. The molecule has 1 aliphatic heterocycles. The van der Waals surface area contributed by atoms with Crippen LogP contribution in [0.25, 0.3) is 0 Å². The van der Waals surface area contributed by atoms with Crippen molar-refractivity contribution < 1.29 is 9.90 Å². The third-order valence-corrected chi connectivity index (χ3v) is 2.91. The van der Waals surface area contributed by atoms with Crippen molar-refractivity contribution in [1.82, 2.24) is 4.90 Å². The Morgan fingerprint density at radius 2 is 2.25 bits per heavy atom.